The number of rotatable bonds is 7. The van der Waals surface area contributed by atoms with Crippen LogP contribution in [-0.4, -0.2) is 62.2 Å². The second-order valence-corrected chi connectivity index (χ2v) is 5.84. The minimum absolute atomic E-state index is 0.652. The predicted octanol–water partition coefficient (Wildman–Crippen LogP) is 1.65. The van der Waals surface area contributed by atoms with Crippen LogP contribution in [0.25, 0.3) is 0 Å². The van der Waals surface area contributed by atoms with Crippen molar-refractivity contribution >= 4 is 0 Å². The third kappa shape index (κ3) is 6.39. The van der Waals surface area contributed by atoms with E-state index in [1.807, 2.05) is 0 Å². The lowest BCUT2D eigenvalue weighted by atomic mass is 10.1. The van der Waals surface area contributed by atoms with Crippen LogP contribution in [0.1, 0.15) is 33.6 Å². The third-order valence-corrected chi connectivity index (χ3v) is 3.96. The first-order valence-electron chi connectivity index (χ1n) is 7.24. The zero-order valence-corrected chi connectivity index (χ0v) is 12.2. The fourth-order valence-corrected chi connectivity index (χ4v) is 2.10. The van der Waals surface area contributed by atoms with E-state index in [2.05, 4.69) is 42.9 Å². The highest BCUT2D eigenvalue weighted by atomic mass is 15.2. The Balaban J connectivity index is 1.94. The normalized spacial score (nSPS) is 21.0. The van der Waals surface area contributed by atoms with Gasteiger partial charge in [-0.25, -0.2) is 0 Å². The molecule has 0 unspecified atom stereocenters. The Labute approximate surface area is 108 Å². The van der Waals surface area contributed by atoms with Crippen LogP contribution in [0.15, 0.2) is 0 Å². The van der Waals surface area contributed by atoms with Crippen molar-refractivity contribution in [2.24, 2.45) is 5.92 Å². The molecule has 0 aromatic rings. The van der Waals surface area contributed by atoms with Crippen LogP contribution in [0.3, 0.4) is 0 Å². The largest absolute Gasteiger partial charge is 0.314 e. The van der Waals surface area contributed by atoms with Crippen molar-refractivity contribution in [3.8, 4) is 0 Å². The van der Waals surface area contributed by atoms with Gasteiger partial charge in [-0.05, 0) is 45.8 Å². The molecule has 1 atom stereocenters. The van der Waals surface area contributed by atoms with Gasteiger partial charge in [0, 0.05) is 32.2 Å². The van der Waals surface area contributed by atoms with E-state index < -0.39 is 0 Å². The second-order valence-electron chi connectivity index (χ2n) is 5.84. The number of hydrogen-bond acceptors (Lipinski definition) is 3. The molecule has 102 valence electrons. The van der Waals surface area contributed by atoms with E-state index in [0.29, 0.717) is 6.04 Å². The van der Waals surface area contributed by atoms with E-state index in [1.54, 1.807) is 0 Å². The van der Waals surface area contributed by atoms with Gasteiger partial charge in [-0.1, -0.05) is 13.8 Å². The Kier molecular flexibility index (Phi) is 7.09. The Morgan fingerprint density at radius 3 is 2.24 bits per heavy atom. The Bertz CT molecular complexity index is 186. The molecule has 1 saturated heterocycles. The fraction of sp³-hybridized carbons (Fsp3) is 1.00. The first-order chi connectivity index (χ1) is 8.09. The number of likely N-dealkylation sites (N-methyl/N-ethyl adjacent to an activating group) is 1. The number of nitrogens with one attached hydrogen (secondary N) is 1. The molecule has 0 aliphatic carbocycles. The average Bonchev–Trinajstić information content (AvgIpc) is 2.30. The molecular weight excluding hydrogens is 210 g/mol. The van der Waals surface area contributed by atoms with Gasteiger partial charge in [-0.15, -0.1) is 0 Å². The molecular formula is C14H31N3. The van der Waals surface area contributed by atoms with Crippen molar-refractivity contribution in [3.63, 3.8) is 0 Å². The molecule has 1 rings (SSSR count). The van der Waals surface area contributed by atoms with Gasteiger partial charge in [-0.2, -0.15) is 0 Å². The molecule has 1 aliphatic rings. The van der Waals surface area contributed by atoms with Crippen LogP contribution >= 0.6 is 0 Å². The first-order valence-corrected chi connectivity index (χ1v) is 7.24. The quantitative estimate of drug-likeness (QED) is 0.684. The molecule has 0 aromatic carbocycles. The number of nitrogens with zero attached hydrogens (tertiary/aromatic N) is 2. The lowest BCUT2D eigenvalue weighted by Gasteiger charge is -2.32. The molecule has 1 aliphatic heterocycles. The van der Waals surface area contributed by atoms with E-state index in [4.69, 9.17) is 0 Å². The van der Waals surface area contributed by atoms with Gasteiger partial charge in [-0.3, -0.25) is 0 Å². The average molecular weight is 241 g/mol. The summed E-state index contributed by atoms with van der Waals surface area (Å²) in [6, 6.07) is 0.652. The summed E-state index contributed by atoms with van der Waals surface area (Å²) in [5.74, 6) is 0.743. The second kappa shape index (κ2) is 8.06. The standard InChI is InChI=1S/C14H31N3/c1-13(2)14(3)15-7-5-6-8-17-11-9-16(4)10-12-17/h13-15H,5-12H2,1-4H3/t14-/m0/s1. The number of hydrogen-bond donors (Lipinski definition) is 1. The van der Waals surface area contributed by atoms with Crippen molar-refractivity contribution in [1.29, 1.82) is 0 Å². The maximum atomic E-state index is 3.60. The highest BCUT2D eigenvalue weighted by Gasteiger charge is 2.12. The molecule has 1 heterocycles. The zero-order valence-electron chi connectivity index (χ0n) is 12.2. The third-order valence-electron chi connectivity index (χ3n) is 3.96. The lowest BCUT2D eigenvalue weighted by molar-refractivity contribution is 0.152. The van der Waals surface area contributed by atoms with Crippen molar-refractivity contribution in [3.05, 3.63) is 0 Å². The highest BCUT2D eigenvalue weighted by molar-refractivity contribution is 4.69. The van der Waals surface area contributed by atoms with Crippen LogP contribution in [0.2, 0.25) is 0 Å². The van der Waals surface area contributed by atoms with Crippen molar-refractivity contribution in [1.82, 2.24) is 15.1 Å². The van der Waals surface area contributed by atoms with Crippen LogP contribution in [0.4, 0.5) is 0 Å². The fourth-order valence-electron chi connectivity index (χ4n) is 2.10. The van der Waals surface area contributed by atoms with Gasteiger partial charge in [0.25, 0.3) is 0 Å². The van der Waals surface area contributed by atoms with Gasteiger partial charge in [0.1, 0.15) is 0 Å². The van der Waals surface area contributed by atoms with Gasteiger partial charge >= 0.3 is 0 Å². The SMILES string of the molecule is CC(C)[C@H](C)NCCCCN1CCN(C)CC1. The molecule has 0 spiro atoms. The molecule has 1 fully saturated rings. The van der Waals surface area contributed by atoms with Crippen molar-refractivity contribution in [2.75, 3.05) is 46.3 Å². The Morgan fingerprint density at radius 1 is 1.00 bits per heavy atom. The molecule has 0 bridgehead atoms. The lowest BCUT2D eigenvalue weighted by Crippen LogP contribution is -2.44. The summed E-state index contributed by atoms with van der Waals surface area (Å²) >= 11 is 0. The maximum absolute atomic E-state index is 3.60. The predicted molar refractivity (Wildman–Crippen MR) is 75.5 cm³/mol. The minimum Gasteiger partial charge on any atom is -0.314 e. The molecule has 3 heteroatoms. The summed E-state index contributed by atoms with van der Waals surface area (Å²) in [5.41, 5.74) is 0. The topological polar surface area (TPSA) is 18.5 Å². The minimum atomic E-state index is 0.652. The van der Waals surface area contributed by atoms with Gasteiger partial charge in [0.05, 0.1) is 0 Å². The molecule has 0 amide bonds. The smallest absolute Gasteiger partial charge is 0.0110 e. The molecule has 0 radical (unpaired) electrons. The zero-order chi connectivity index (χ0) is 12.7. The van der Waals surface area contributed by atoms with Crippen LogP contribution in [0.5, 0.6) is 0 Å². The molecule has 17 heavy (non-hydrogen) atoms. The molecule has 1 N–H and O–H groups in total. The van der Waals surface area contributed by atoms with E-state index in [9.17, 15) is 0 Å². The van der Waals surface area contributed by atoms with E-state index >= 15 is 0 Å². The van der Waals surface area contributed by atoms with Gasteiger partial charge in [0.15, 0.2) is 0 Å². The summed E-state index contributed by atoms with van der Waals surface area (Å²) in [5, 5.41) is 3.60. The van der Waals surface area contributed by atoms with Gasteiger partial charge in [0.2, 0.25) is 0 Å². The van der Waals surface area contributed by atoms with E-state index in [-0.39, 0.29) is 0 Å². The summed E-state index contributed by atoms with van der Waals surface area (Å²) in [4.78, 5) is 5.02. The molecule has 3 nitrogen and oxygen atoms in total. The van der Waals surface area contributed by atoms with E-state index in [0.717, 1.165) is 5.92 Å². The Hall–Kier alpha value is -0.120. The first kappa shape index (κ1) is 14.9. The summed E-state index contributed by atoms with van der Waals surface area (Å²) in [6.07, 6.45) is 2.64. The van der Waals surface area contributed by atoms with Crippen LogP contribution in [0, 0.1) is 5.92 Å². The summed E-state index contributed by atoms with van der Waals surface area (Å²) < 4.78 is 0. The number of piperazine rings is 1. The van der Waals surface area contributed by atoms with E-state index in [1.165, 1.54) is 52.1 Å². The highest BCUT2D eigenvalue weighted by Crippen LogP contribution is 2.03. The monoisotopic (exact) mass is 241 g/mol. The van der Waals surface area contributed by atoms with Crippen molar-refractivity contribution < 1.29 is 0 Å². The molecule has 0 saturated carbocycles. The summed E-state index contributed by atoms with van der Waals surface area (Å²) in [7, 11) is 2.22. The Morgan fingerprint density at radius 2 is 1.65 bits per heavy atom. The van der Waals surface area contributed by atoms with Crippen LogP contribution in [-0.2, 0) is 0 Å². The number of unbranched alkanes of at least 4 members (excludes halogenated alkanes) is 1. The maximum Gasteiger partial charge on any atom is 0.0110 e. The molecule has 0 aromatic heterocycles. The van der Waals surface area contributed by atoms with Crippen molar-refractivity contribution in [2.45, 2.75) is 39.7 Å². The van der Waals surface area contributed by atoms with Crippen LogP contribution < -0.4 is 5.32 Å². The summed E-state index contributed by atoms with van der Waals surface area (Å²) in [6.45, 7) is 14.3. The van der Waals surface area contributed by atoms with Gasteiger partial charge < -0.3 is 15.1 Å².